The van der Waals surface area contributed by atoms with Crippen molar-refractivity contribution >= 4 is 11.7 Å². The molecule has 0 bridgehead atoms. The minimum absolute atomic E-state index is 0.0240. The zero-order valence-corrected chi connectivity index (χ0v) is 13.7. The van der Waals surface area contributed by atoms with Gasteiger partial charge in [-0.05, 0) is 24.7 Å². The van der Waals surface area contributed by atoms with Crippen molar-refractivity contribution < 1.29 is 14.7 Å². The first-order valence-electron chi connectivity index (χ1n) is 7.85. The first-order chi connectivity index (χ1) is 11.6. The molecule has 0 fully saturated rings. The lowest BCUT2D eigenvalue weighted by Crippen LogP contribution is -2.29. The number of Topliss-reactive ketones (excluding diaryl/α,β-unsaturated/α-hetero) is 1. The number of rotatable bonds is 8. The third kappa shape index (κ3) is 5.30. The van der Waals surface area contributed by atoms with E-state index in [4.69, 9.17) is 5.11 Å². The van der Waals surface area contributed by atoms with Gasteiger partial charge in [0.2, 0.25) is 0 Å². The third-order valence-corrected chi connectivity index (χ3v) is 3.66. The van der Waals surface area contributed by atoms with Crippen LogP contribution in [-0.4, -0.2) is 48.4 Å². The molecule has 5 heteroatoms. The Bertz CT molecular complexity index is 669. The number of aliphatic hydroxyl groups is 1. The summed E-state index contributed by atoms with van der Waals surface area (Å²) in [4.78, 5) is 26.1. The van der Waals surface area contributed by atoms with Gasteiger partial charge in [-0.15, -0.1) is 0 Å². The summed E-state index contributed by atoms with van der Waals surface area (Å²) in [6, 6.07) is 16.1. The lowest BCUT2D eigenvalue weighted by molar-refractivity contribution is 0.0904. The van der Waals surface area contributed by atoms with Crippen LogP contribution in [0.1, 0.15) is 26.3 Å². The summed E-state index contributed by atoms with van der Waals surface area (Å²) in [6.45, 7) is 1.40. The minimum Gasteiger partial charge on any atom is -0.395 e. The standard InChI is InChI=1S/C19H22N2O3/c1-21(11-12-22)14-15-7-9-17(10-8-15)19(24)20-13-18(23)16-5-3-2-4-6-16/h2-10,22H,11-14H2,1H3,(H,20,24). The maximum atomic E-state index is 12.1. The van der Waals surface area contributed by atoms with Gasteiger partial charge in [0.15, 0.2) is 5.78 Å². The molecule has 0 aliphatic heterocycles. The molecule has 0 saturated carbocycles. The zero-order chi connectivity index (χ0) is 17.4. The predicted molar refractivity (Wildman–Crippen MR) is 93.0 cm³/mol. The molecule has 126 valence electrons. The van der Waals surface area contributed by atoms with Crippen LogP contribution in [0, 0.1) is 0 Å². The largest absolute Gasteiger partial charge is 0.395 e. The topological polar surface area (TPSA) is 69.6 Å². The number of nitrogens with zero attached hydrogens (tertiary/aromatic N) is 1. The van der Waals surface area contributed by atoms with Gasteiger partial charge in [-0.1, -0.05) is 42.5 Å². The van der Waals surface area contributed by atoms with Crippen LogP contribution in [-0.2, 0) is 6.54 Å². The molecular weight excluding hydrogens is 304 g/mol. The lowest BCUT2D eigenvalue weighted by Gasteiger charge is -2.15. The van der Waals surface area contributed by atoms with Crippen molar-refractivity contribution in [2.45, 2.75) is 6.54 Å². The number of carbonyl (C=O) groups is 2. The molecule has 0 aliphatic rings. The van der Waals surface area contributed by atoms with Crippen LogP contribution in [0.4, 0.5) is 0 Å². The van der Waals surface area contributed by atoms with Crippen molar-refractivity contribution in [2.24, 2.45) is 0 Å². The molecule has 0 saturated heterocycles. The molecule has 0 aromatic heterocycles. The van der Waals surface area contributed by atoms with Crippen LogP contribution < -0.4 is 5.32 Å². The Hall–Kier alpha value is -2.50. The predicted octanol–water partition coefficient (Wildman–Crippen LogP) is 1.72. The first kappa shape index (κ1) is 17.8. The monoisotopic (exact) mass is 326 g/mol. The van der Waals surface area contributed by atoms with E-state index in [1.807, 2.05) is 30.1 Å². The maximum absolute atomic E-state index is 12.1. The average molecular weight is 326 g/mol. The van der Waals surface area contributed by atoms with Crippen LogP contribution in [0.15, 0.2) is 54.6 Å². The highest BCUT2D eigenvalue weighted by Gasteiger charge is 2.10. The number of nitrogens with one attached hydrogen (secondary N) is 1. The highest BCUT2D eigenvalue weighted by molar-refractivity contribution is 6.02. The van der Waals surface area contributed by atoms with Gasteiger partial charge in [-0.3, -0.25) is 14.5 Å². The summed E-state index contributed by atoms with van der Waals surface area (Å²) in [7, 11) is 1.92. The number of hydrogen-bond acceptors (Lipinski definition) is 4. The molecule has 1 amide bonds. The van der Waals surface area contributed by atoms with Crippen LogP contribution >= 0.6 is 0 Å². The summed E-state index contributed by atoms with van der Waals surface area (Å²) < 4.78 is 0. The SMILES string of the molecule is CN(CCO)Cc1ccc(C(=O)NCC(=O)c2ccccc2)cc1. The normalized spacial score (nSPS) is 10.6. The minimum atomic E-state index is -0.269. The van der Waals surface area contributed by atoms with Gasteiger partial charge in [0.25, 0.3) is 5.91 Å². The maximum Gasteiger partial charge on any atom is 0.251 e. The summed E-state index contributed by atoms with van der Waals surface area (Å²) in [6.07, 6.45) is 0. The van der Waals surface area contributed by atoms with Crippen molar-refractivity contribution in [2.75, 3.05) is 26.7 Å². The Balaban J connectivity index is 1.87. The number of benzene rings is 2. The fraction of sp³-hybridized carbons (Fsp3) is 0.263. The molecule has 5 nitrogen and oxygen atoms in total. The molecular formula is C19H22N2O3. The van der Waals surface area contributed by atoms with E-state index in [1.54, 1.807) is 36.4 Å². The second-order valence-corrected chi connectivity index (χ2v) is 5.63. The second kappa shape index (κ2) is 8.96. The molecule has 0 atom stereocenters. The Kier molecular flexibility index (Phi) is 6.66. The van der Waals surface area contributed by atoms with E-state index in [1.165, 1.54) is 0 Å². The third-order valence-electron chi connectivity index (χ3n) is 3.66. The molecule has 24 heavy (non-hydrogen) atoms. The zero-order valence-electron chi connectivity index (χ0n) is 13.7. The smallest absolute Gasteiger partial charge is 0.251 e. The number of aliphatic hydroxyl groups excluding tert-OH is 1. The van der Waals surface area contributed by atoms with Gasteiger partial charge >= 0.3 is 0 Å². The van der Waals surface area contributed by atoms with E-state index in [2.05, 4.69) is 5.32 Å². The molecule has 2 aromatic rings. The van der Waals surface area contributed by atoms with Crippen LogP contribution in [0.25, 0.3) is 0 Å². The number of likely N-dealkylation sites (N-methyl/N-ethyl adjacent to an activating group) is 1. The van der Waals surface area contributed by atoms with E-state index in [0.29, 0.717) is 24.2 Å². The van der Waals surface area contributed by atoms with E-state index in [-0.39, 0.29) is 24.8 Å². The van der Waals surface area contributed by atoms with Crippen molar-refractivity contribution in [3.63, 3.8) is 0 Å². The van der Waals surface area contributed by atoms with E-state index in [0.717, 1.165) is 5.56 Å². The fourth-order valence-electron chi connectivity index (χ4n) is 2.31. The molecule has 0 spiro atoms. The fourth-order valence-corrected chi connectivity index (χ4v) is 2.31. The summed E-state index contributed by atoms with van der Waals surface area (Å²) in [5.74, 6) is -0.388. The Labute approximate surface area is 141 Å². The molecule has 2 N–H and O–H groups in total. The van der Waals surface area contributed by atoms with Gasteiger partial charge in [-0.2, -0.15) is 0 Å². The van der Waals surface area contributed by atoms with Crippen molar-refractivity contribution in [1.82, 2.24) is 10.2 Å². The van der Waals surface area contributed by atoms with Gasteiger partial charge in [0.1, 0.15) is 0 Å². The number of carbonyl (C=O) groups excluding carboxylic acids is 2. The van der Waals surface area contributed by atoms with Crippen LogP contribution in [0.3, 0.4) is 0 Å². The van der Waals surface area contributed by atoms with Gasteiger partial charge < -0.3 is 10.4 Å². The second-order valence-electron chi connectivity index (χ2n) is 5.63. The van der Waals surface area contributed by atoms with Crippen molar-refractivity contribution in [1.29, 1.82) is 0 Å². The van der Waals surface area contributed by atoms with Gasteiger partial charge in [-0.25, -0.2) is 0 Å². The van der Waals surface area contributed by atoms with E-state index >= 15 is 0 Å². The highest BCUT2D eigenvalue weighted by atomic mass is 16.3. The molecule has 2 aromatic carbocycles. The Morgan fingerprint density at radius 2 is 1.67 bits per heavy atom. The van der Waals surface area contributed by atoms with Gasteiger partial charge in [0.05, 0.1) is 13.2 Å². The van der Waals surface area contributed by atoms with Crippen molar-refractivity contribution in [3.8, 4) is 0 Å². The van der Waals surface area contributed by atoms with Gasteiger partial charge in [0, 0.05) is 24.2 Å². The summed E-state index contributed by atoms with van der Waals surface area (Å²) >= 11 is 0. The van der Waals surface area contributed by atoms with E-state index in [9.17, 15) is 9.59 Å². The molecule has 0 radical (unpaired) electrons. The Morgan fingerprint density at radius 3 is 2.29 bits per heavy atom. The van der Waals surface area contributed by atoms with E-state index < -0.39 is 0 Å². The van der Waals surface area contributed by atoms with Crippen LogP contribution in [0.5, 0.6) is 0 Å². The molecule has 0 aliphatic carbocycles. The average Bonchev–Trinajstić information content (AvgIpc) is 2.61. The molecule has 0 unspecified atom stereocenters. The number of amides is 1. The number of ketones is 1. The van der Waals surface area contributed by atoms with Crippen LogP contribution in [0.2, 0.25) is 0 Å². The molecule has 2 rings (SSSR count). The quantitative estimate of drug-likeness (QED) is 0.725. The summed E-state index contributed by atoms with van der Waals surface area (Å²) in [5.41, 5.74) is 2.16. The number of hydrogen-bond donors (Lipinski definition) is 2. The highest BCUT2D eigenvalue weighted by Crippen LogP contribution is 2.07. The Morgan fingerprint density at radius 1 is 1.00 bits per heavy atom. The lowest BCUT2D eigenvalue weighted by atomic mass is 10.1. The first-order valence-corrected chi connectivity index (χ1v) is 7.85. The molecule has 0 heterocycles. The van der Waals surface area contributed by atoms with Crippen molar-refractivity contribution in [3.05, 3.63) is 71.3 Å². The summed E-state index contributed by atoms with van der Waals surface area (Å²) in [5, 5.41) is 11.5.